The van der Waals surface area contributed by atoms with Gasteiger partial charge in [-0.05, 0) is 63.2 Å². The zero-order chi connectivity index (χ0) is 22.5. The van der Waals surface area contributed by atoms with Crippen LogP contribution in [0.15, 0.2) is 48.5 Å². The van der Waals surface area contributed by atoms with Crippen molar-refractivity contribution in [2.45, 2.75) is 20.8 Å². The van der Waals surface area contributed by atoms with Gasteiger partial charge in [0.25, 0.3) is 5.91 Å². The highest BCUT2D eigenvalue weighted by Gasteiger charge is 2.18. The zero-order valence-electron chi connectivity index (χ0n) is 18.3. The minimum absolute atomic E-state index is 0.244. The van der Waals surface area contributed by atoms with Gasteiger partial charge in [0.1, 0.15) is 0 Å². The Morgan fingerprint density at radius 3 is 2.23 bits per heavy atom. The molecular formula is C24H26N2O5. The molecule has 1 N–H and O–H groups in total. The number of hydrogen-bond donors (Lipinski definition) is 1. The zero-order valence-corrected chi connectivity index (χ0v) is 18.3. The summed E-state index contributed by atoms with van der Waals surface area (Å²) in [5.41, 5.74) is 4.19. The average Bonchev–Trinajstić information content (AvgIpc) is 3.07. The Balaban J connectivity index is 1.81. The summed E-state index contributed by atoms with van der Waals surface area (Å²) in [5, 5.41) is 2.86. The smallest absolute Gasteiger partial charge is 0.339 e. The molecular weight excluding hydrogens is 396 g/mol. The predicted molar refractivity (Wildman–Crippen MR) is 119 cm³/mol. The van der Waals surface area contributed by atoms with Crippen molar-refractivity contribution in [1.82, 2.24) is 4.57 Å². The molecule has 31 heavy (non-hydrogen) atoms. The molecule has 0 saturated heterocycles. The Kier molecular flexibility index (Phi) is 6.65. The van der Waals surface area contributed by atoms with E-state index in [0.29, 0.717) is 34.9 Å². The summed E-state index contributed by atoms with van der Waals surface area (Å²) in [6, 6.07) is 14.2. The fourth-order valence-corrected chi connectivity index (χ4v) is 3.45. The molecule has 3 rings (SSSR count). The maximum Gasteiger partial charge on any atom is 0.339 e. The van der Waals surface area contributed by atoms with Crippen LogP contribution in [0.1, 0.15) is 39.0 Å². The van der Waals surface area contributed by atoms with Crippen LogP contribution in [0.4, 0.5) is 5.69 Å². The number of hydrogen-bond acceptors (Lipinski definition) is 5. The number of aryl methyl sites for hydroxylation is 1. The molecule has 0 aliphatic rings. The van der Waals surface area contributed by atoms with Gasteiger partial charge in [0.2, 0.25) is 0 Å². The highest BCUT2D eigenvalue weighted by Crippen LogP contribution is 2.30. The Labute approximate surface area is 181 Å². The fraction of sp³-hybridized carbons (Fsp3) is 0.250. The van der Waals surface area contributed by atoms with Crippen molar-refractivity contribution in [1.29, 1.82) is 0 Å². The second-order valence-electron chi connectivity index (χ2n) is 6.91. The number of methoxy groups -OCH3 is 2. The third kappa shape index (κ3) is 4.55. The van der Waals surface area contributed by atoms with E-state index in [0.717, 1.165) is 17.1 Å². The number of anilines is 1. The van der Waals surface area contributed by atoms with Gasteiger partial charge in [-0.1, -0.05) is 0 Å². The normalized spacial score (nSPS) is 10.5. The Bertz CT molecular complexity index is 1100. The lowest BCUT2D eigenvalue weighted by Gasteiger charge is -2.12. The molecule has 0 saturated carbocycles. The van der Waals surface area contributed by atoms with Crippen LogP contribution in [0.3, 0.4) is 0 Å². The van der Waals surface area contributed by atoms with E-state index in [2.05, 4.69) is 5.32 Å². The van der Waals surface area contributed by atoms with Crippen LogP contribution >= 0.6 is 0 Å². The largest absolute Gasteiger partial charge is 0.493 e. The van der Waals surface area contributed by atoms with E-state index in [9.17, 15) is 9.59 Å². The predicted octanol–water partition coefficient (Wildman–Crippen LogP) is 4.54. The summed E-state index contributed by atoms with van der Waals surface area (Å²) in [7, 11) is 3.10. The molecule has 3 aromatic rings. The van der Waals surface area contributed by atoms with Crippen molar-refractivity contribution in [2.24, 2.45) is 0 Å². The number of amides is 1. The number of aromatic nitrogens is 1. The van der Waals surface area contributed by atoms with Gasteiger partial charge < -0.3 is 24.1 Å². The fourth-order valence-electron chi connectivity index (χ4n) is 3.45. The minimum Gasteiger partial charge on any atom is -0.493 e. The topological polar surface area (TPSA) is 78.8 Å². The van der Waals surface area contributed by atoms with Gasteiger partial charge in [0.15, 0.2) is 11.5 Å². The van der Waals surface area contributed by atoms with E-state index in [1.807, 2.05) is 36.6 Å². The van der Waals surface area contributed by atoms with Gasteiger partial charge in [-0.15, -0.1) is 0 Å². The summed E-state index contributed by atoms with van der Waals surface area (Å²) in [6.45, 7) is 5.90. The molecule has 7 nitrogen and oxygen atoms in total. The molecule has 0 bridgehead atoms. The third-order valence-electron chi connectivity index (χ3n) is 4.96. The summed E-state index contributed by atoms with van der Waals surface area (Å²) in [6.07, 6.45) is 0. The van der Waals surface area contributed by atoms with E-state index in [1.165, 1.54) is 0 Å². The number of benzene rings is 2. The van der Waals surface area contributed by atoms with Crippen molar-refractivity contribution in [3.8, 4) is 17.2 Å². The number of rotatable bonds is 7. The van der Waals surface area contributed by atoms with Crippen LogP contribution in [0.25, 0.3) is 5.69 Å². The lowest BCUT2D eigenvalue weighted by Crippen LogP contribution is -2.12. The first kappa shape index (κ1) is 22.0. The van der Waals surface area contributed by atoms with Crippen LogP contribution in [0.2, 0.25) is 0 Å². The number of esters is 1. The Hall–Kier alpha value is -3.74. The number of carbonyl (C=O) groups is 2. The summed E-state index contributed by atoms with van der Waals surface area (Å²) in [4.78, 5) is 24.8. The molecule has 0 unspecified atom stereocenters. The Morgan fingerprint density at radius 2 is 1.61 bits per heavy atom. The molecule has 1 heterocycles. The van der Waals surface area contributed by atoms with E-state index in [-0.39, 0.29) is 11.9 Å². The van der Waals surface area contributed by atoms with Gasteiger partial charge in [-0.2, -0.15) is 0 Å². The molecule has 1 aromatic heterocycles. The molecule has 0 aliphatic carbocycles. The number of nitrogens with zero attached hydrogens (tertiary/aromatic N) is 1. The van der Waals surface area contributed by atoms with Crippen molar-refractivity contribution in [2.75, 3.05) is 26.1 Å². The second-order valence-corrected chi connectivity index (χ2v) is 6.91. The van der Waals surface area contributed by atoms with Crippen LogP contribution in [0, 0.1) is 13.8 Å². The second kappa shape index (κ2) is 9.38. The molecule has 2 aromatic carbocycles. The van der Waals surface area contributed by atoms with Crippen molar-refractivity contribution in [3.63, 3.8) is 0 Å². The standard InChI is InChI=1S/C24H26N2O5/c1-6-31-24(28)20-13-15(2)26(16(20)3)19-10-7-17(8-11-19)23(27)25-18-9-12-21(29-4)22(14-18)30-5/h7-14H,6H2,1-5H3,(H,25,27). The van der Waals surface area contributed by atoms with E-state index >= 15 is 0 Å². The maximum atomic E-state index is 12.7. The summed E-state index contributed by atoms with van der Waals surface area (Å²) >= 11 is 0. The van der Waals surface area contributed by atoms with Gasteiger partial charge in [0, 0.05) is 34.4 Å². The minimum atomic E-state index is -0.340. The number of ether oxygens (including phenoxy) is 3. The molecule has 0 fully saturated rings. The quantitative estimate of drug-likeness (QED) is 0.566. The molecule has 162 valence electrons. The maximum absolute atomic E-state index is 12.7. The SMILES string of the molecule is CCOC(=O)c1cc(C)n(-c2ccc(C(=O)Nc3ccc(OC)c(OC)c3)cc2)c1C. The van der Waals surface area contributed by atoms with Gasteiger partial charge >= 0.3 is 5.97 Å². The summed E-state index contributed by atoms with van der Waals surface area (Å²) < 4.78 is 17.6. The lowest BCUT2D eigenvalue weighted by atomic mass is 10.1. The van der Waals surface area contributed by atoms with Crippen molar-refractivity contribution < 1.29 is 23.8 Å². The summed E-state index contributed by atoms with van der Waals surface area (Å²) in [5.74, 6) is 0.538. The number of carbonyl (C=O) groups excluding carboxylic acids is 2. The van der Waals surface area contributed by atoms with E-state index < -0.39 is 0 Å². The highest BCUT2D eigenvalue weighted by molar-refractivity contribution is 6.04. The molecule has 0 spiro atoms. The average molecular weight is 422 g/mol. The molecule has 1 amide bonds. The molecule has 0 aliphatic heterocycles. The highest BCUT2D eigenvalue weighted by atomic mass is 16.5. The van der Waals surface area contributed by atoms with Gasteiger partial charge in [-0.25, -0.2) is 4.79 Å². The number of nitrogens with one attached hydrogen (secondary N) is 1. The van der Waals surface area contributed by atoms with E-state index in [1.54, 1.807) is 51.5 Å². The van der Waals surface area contributed by atoms with Crippen LogP contribution in [0.5, 0.6) is 11.5 Å². The van der Waals surface area contributed by atoms with E-state index in [4.69, 9.17) is 14.2 Å². The third-order valence-corrected chi connectivity index (χ3v) is 4.96. The van der Waals surface area contributed by atoms with Crippen molar-refractivity contribution in [3.05, 3.63) is 71.0 Å². The monoisotopic (exact) mass is 422 g/mol. The van der Waals surface area contributed by atoms with Crippen LogP contribution in [-0.4, -0.2) is 37.3 Å². The van der Waals surface area contributed by atoms with Crippen LogP contribution in [-0.2, 0) is 4.74 Å². The van der Waals surface area contributed by atoms with Gasteiger partial charge in [0.05, 0.1) is 26.4 Å². The lowest BCUT2D eigenvalue weighted by molar-refractivity contribution is 0.0525. The Morgan fingerprint density at radius 1 is 0.935 bits per heavy atom. The first-order valence-corrected chi connectivity index (χ1v) is 9.89. The first-order valence-electron chi connectivity index (χ1n) is 9.89. The molecule has 0 radical (unpaired) electrons. The van der Waals surface area contributed by atoms with Gasteiger partial charge in [-0.3, -0.25) is 4.79 Å². The van der Waals surface area contributed by atoms with Crippen molar-refractivity contribution >= 4 is 17.6 Å². The molecule has 0 atom stereocenters. The van der Waals surface area contributed by atoms with Crippen LogP contribution < -0.4 is 14.8 Å². The molecule has 7 heteroatoms. The first-order chi connectivity index (χ1) is 14.9.